The van der Waals surface area contributed by atoms with Crippen molar-refractivity contribution in [3.05, 3.63) is 158 Å². The van der Waals surface area contributed by atoms with Gasteiger partial charge >= 0.3 is 0 Å². The number of rotatable bonds is 3. The van der Waals surface area contributed by atoms with E-state index in [0.717, 1.165) is 33.1 Å². The summed E-state index contributed by atoms with van der Waals surface area (Å²) >= 11 is 0. The summed E-state index contributed by atoms with van der Waals surface area (Å²) in [6.45, 7) is 0. The molecule has 9 rings (SSSR count). The molecule has 43 heavy (non-hydrogen) atoms. The predicted molar refractivity (Wildman–Crippen MR) is 183 cm³/mol. The van der Waals surface area contributed by atoms with Crippen LogP contribution in [0.4, 0.5) is 0 Å². The molecule has 0 spiro atoms. The van der Waals surface area contributed by atoms with Gasteiger partial charge in [0.25, 0.3) is 0 Å². The first-order valence-corrected chi connectivity index (χ1v) is 14.8. The van der Waals surface area contributed by atoms with Gasteiger partial charge in [0.05, 0.1) is 0 Å². The fourth-order valence-corrected chi connectivity index (χ4v) is 6.65. The first-order valence-electron chi connectivity index (χ1n) is 14.8. The Hall–Kier alpha value is -5.66. The Morgan fingerprint density at radius 2 is 0.814 bits per heavy atom. The lowest BCUT2D eigenvalue weighted by atomic mass is 9.92. The van der Waals surface area contributed by atoms with Crippen molar-refractivity contribution in [3.8, 4) is 33.4 Å². The fraction of sp³-hybridized carbons (Fsp3) is 0. The maximum atomic E-state index is 6.39. The van der Waals surface area contributed by atoms with Crippen molar-refractivity contribution in [2.75, 3.05) is 0 Å². The molecule has 9 aromatic rings. The minimum Gasteiger partial charge on any atom is -0.456 e. The highest BCUT2D eigenvalue weighted by Gasteiger charge is 2.12. The molecule has 1 aromatic heterocycles. The maximum Gasteiger partial charge on any atom is 0.136 e. The van der Waals surface area contributed by atoms with Gasteiger partial charge in [0.1, 0.15) is 11.2 Å². The van der Waals surface area contributed by atoms with E-state index < -0.39 is 0 Å². The van der Waals surface area contributed by atoms with Crippen LogP contribution >= 0.6 is 0 Å². The highest BCUT2D eigenvalue weighted by molar-refractivity contribution is 6.14. The Morgan fingerprint density at radius 3 is 1.56 bits per heavy atom. The molecule has 0 fully saturated rings. The van der Waals surface area contributed by atoms with E-state index in [0.29, 0.717) is 0 Å². The normalized spacial score (nSPS) is 11.7. The van der Waals surface area contributed by atoms with Gasteiger partial charge in [0.15, 0.2) is 0 Å². The Kier molecular flexibility index (Phi) is 5.27. The van der Waals surface area contributed by atoms with Gasteiger partial charge in [-0.1, -0.05) is 115 Å². The summed E-state index contributed by atoms with van der Waals surface area (Å²) in [6, 6.07) is 56.8. The van der Waals surface area contributed by atoms with E-state index in [9.17, 15) is 0 Å². The summed E-state index contributed by atoms with van der Waals surface area (Å²) in [7, 11) is 0. The smallest absolute Gasteiger partial charge is 0.136 e. The van der Waals surface area contributed by atoms with Gasteiger partial charge in [-0.05, 0) is 108 Å². The minimum atomic E-state index is 0.913. The molecule has 0 N–H and O–H groups in total. The van der Waals surface area contributed by atoms with Crippen LogP contribution in [0.5, 0.6) is 0 Å². The Bertz CT molecular complexity index is 2500. The second kappa shape index (κ2) is 9.44. The van der Waals surface area contributed by atoms with Gasteiger partial charge < -0.3 is 4.42 Å². The molecule has 0 aliphatic carbocycles. The molecular formula is C42H26O. The summed E-state index contributed by atoms with van der Waals surface area (Å²) in [5.74, 6) is 0. The zero-order chi connectivity index (χ0) is 28.3. The van der Waals surface area contributed by atoms with Crippen LogP contribution < -0.4 is 0 Å². The van der Waals surface area contributed by atoms with Gasteiger partial charge in [-0.2, -0.15) is 0 Å². The number of hydrogen-bond donors (Lipinski definition) is 0. The molecule has 0 saturated carbocycles. The van der Waals surface area contributed by atoms with Crippen LogP contribution in [0.25, 0.3) is 87.6 Å². The van der Waals surface area contributed by atoms with Gasteiger partial charge in [-0.3, -0.25) is 0 Å². The SMILES string of the molecule is c1ccc(-c2ccc3c(c2)oc2cc(-c4ccc5cc(-c6cc7ccccc7c7ccccc67)ccc5c4)ccc23)cc1. The van der Waals surface area contributed by atoms with Crippen molar-refractivity contribution in [2.24, 2.45) is 0 Å². The number of hydrogen-bond acceptors (Lipinski definition) is 1. The average Bonchev–Trinajstić information content (AvgIpc) is 3.45. The van der Waals surface area contributed by atoms with Crippen LogP contribution in [0.2, 0.25) is 0 Å². The summed E-state index contributed by atoms with van der Waals surface area (Å²) < 4.78 is 6.39. The van der Waals surface area contributed by atoms with Gasteiger partial charge in [-0.15, -0.1) is 0 Å². The van der Waals surface area contributed by atoms with Crippen LogP contribution in [0.3, 0.4) is 0 Å². The Balaban J connectivity index is 1.11. The van der Waals surface area contributed by atoms with E-state index in [1.54, 1.807) is 0 Å². The van der Waals surface area contributed by atoms with Crippen LogP contribution in [0.1, 0.15) is 0 Å². The van der Waals surface area contributed by atoms with E-state index in [2.05, 4.69) is 152 Å². The molecule has 0 saturated heterocycles. The molecule has 0 radical (unpaired) electrons. The van der Waals surface area contributed by atoms with Crippen molar-refractivity contribution in [3.63, 3.8) is 0 Å². The third-order valence-corrected chi connectivity index (χ3v) is 8.83. The monoisotopic (exact) mass is 546 g/mol. The van der Waals surface area contributed by atoms with E-state index in [4.69, 9.17) is 4.42 Å². The molecule has 8 aromatic carbocycles. The first kappa shape index (κ1) is 24.0. The molecule has 0 aliphatic heterocycles. The third kappa shape index (κ3) is 3.94. The van der Waals surface area contributed by atoms with Gasteiger partial charge in [0.2, 0.25) is 0 Å². The van der Waals surface area contributed by atoms with E-state index in [1.807, 2.05) is 6.07 Å². The van der Waals surface area contributed by atoms with E-state index in [-0.39, 0.29) is 0 Å². The summed E-state index contributed by atoms with van der Waals surface area (Å²) in [5, 5.41) is 9.89. The maximum absolute atomic E-state index is 6.39. The summed E-state index contributed by atoms with van der Waals surface area (Å²) in [5.41, 5.74) is 9.03. The quantitative estimate of drug-likeness (QED) is 0.201. The zero-order valence-corrected chi connectivity index (χ0v) is 23.4. The Labute approximate surface area is 249 Å². The lowest BCUT2D eigenvalue weighted by Crippen LogP contribution is -1.85. The number of benzene rings is 8. The molecule has 0 unspecified atom stereocenters. The van der Waals surface area contributed by atoms with Crippen molar-refractivity contribution < 1.29 is 4.42 Å². The minimum absolute atomic E-state index is 0.913. The van der Waals surface area contributed by atoms with E-state index >= 15 is 0 Å². The zero-order valence-electron chi connectivity index (χ0n) is 23.4. The molecule has 0 amide bonds. The predicted octanol–water partition coefficient (Wildman–Crippen LogP) is 12.0. The Morgan fingerprint density at radius 1 is 0.279 bits per heavy atom. The van der Waals surface area contributed by atoms with Crippen LogP contribution in [0.15, 0.2) is 162 Å². The van der Waals surface area contributed by atoms with Crippen molar-refractivity contribution >= 4 is 54.3 Å². The van der Waals surface area contributed by atoms with Crippen molar-refractivity contribution in [1.29, 1.82) is 0 Å². The van der Waals surface area contributed by atoms with E-state index in [1.165, 1.54) is 54.6 Å². The molecule has 0 aliphatic rings. The molecule has 1 heterocycles. The van der Waals surface area contributed by atoms with Gasteiger partial charge in [0, 0.05) is 10.8 Å². The lowest BCUT2D eigenvalue weighted by molar-refractivity contribution is 0.669. The summed E-state index contributed by atoms with van der Waals surface area (Å²) in [6.07, 6.45) is 0. The largest absolute Gasteiger partial charge is 0.456 e. The van der Waals surface area contributed by atoms with Gasteiger partial charge in [-0.25, -0.2) is 0 Å². The molecule has 1 nitrogen and oxygen atoms in total. The first-order chi connectivity index (χ1) is 21.3. The number of furan rings is 1. The molecular weight excluding hydrogens is 520 g/mol. The van der Waals surface area contributed by atoms with Crippen molar-refractivity contribution in [1.82, 2.24) is 0 Å². The standard InChI is InChI=1S/C42H26O/c1-2-8-27(9-3-1)31-18-20-38-39-21-19-32(26-42(39)43-41(38)25-31)29-14-15-30-23-34(17-16-28(30)22-29)40-24-33-10-4-5-11-35(33)36-12-6-7-13-37(36)40/h1-26H. The summed E-state index contributed by atoms with van der Waals surface area (Å²) in [4.78, 5) is 0. The molecule has 0 bridgehead atoms. The highest BCUT2D eigenvalue weighted by atomic mass is 16.3. The number of fused-ring (bicyclic) bond motifs is 7. The molecule has 0 atom stereocenters. The second-order valence-corrected chi connectivity index (χ2v) is 11.4. The third-order valence-electron chi connectivity index (χ3n) is 8.83. The average molecular weight is 547 g/mol. The molecule has 200 valence electrons. The second-order valence-electron chi connectivity index (χ2n) is 11.4. The van der Waals surface area contributed by atoms with Crippen LogP contribution in [0, 0.1) is 0 Å². The van der Waals surface area contributed by atoms with Crippen LogP contribution in [-0.4, -0.2) is 0 Å². The fourth-order valence-electron chi connectivity index (χ4n) is 6.65. The molecule has 1 heteroatoms. The highest BCUT2D eigenvalue weighted by Crippen LogP contribution is 2.38. The van der Waals surface area contributed by atoms with Crippen molar-refractivity contribution in [2.45, 2.75) is 0 Å². The van der Waals surface area contributed by atoms with Crippen LogP contribution in [-0.2, 0) is 0 Å². The lowest BCUT2D eigenvalue weighted by Gasteiger charge is -2.12. The topological polar surface area (TPSA) is 13.1 Å².